The van der Waals surface area contributed by atoms with Crippen LogP contribution in [0.1, 0.15) is 26.2 Å². The quantitative estimate of drug-likeness (QED) is 0.607. The van der Waals surface area contributed by atoms with Crippen LogP contribution in [-0.2, 0) is 0 Å². The van der Waals surface area contributed by atoms with Gasteiger partial charge < -0.3 is 0 Å². The van der Waals surface area contributed by atoms with Crippen molar-refractivity contribution in [1.29, 1.82) is 0 Å². The van der Waals surface area contributed by atoms with Gasteiger partial charge in [0.25, 0.3) is 0 Å². The van der Waals surface area contributed by atoms with Gasteiger partial charge in [0.05, 0.1) is 6.21 Å². The first-order valence-corrected chi connectivity index (χ1v) is 4.85. The predicted octanol–water partition coefficient (Wildman–Crippen LogP) is 3.60. The van der Waals surface area contributed by atoms with E-state index >= 15 is 0 Å². The third-order valence-corrected chi connectivity index (χ3v) is 2.26. The summed E-state index contributed by atoms with van der Waals surface area (Å²) in [6.07, 6.45) is 9.86. The van der Waals surface area contributed by atoms with Gasteiger partial charge in [-0.2, -0.15) is 0 Å². The van der Waals surface area contributed by atoms with Gasteiger partial charge in [-0.05, 0) is 32.3 Å². The molecule has 0 saturated heterocycles. The van der Waals surface area contributed by atoms with E-state index in [0.717, 1.165) is 12.8 Å². The van der Waals surface area contributed by atoms with Crippen molar-refractivity contribution >= 4 is 6.21 Å². The Labute approximate surface area is 84.7 Å². The molecular weight excluding hydrogens is 177 g/mol. The molecule has 0 aromatic rings. The van der Waals surface area contributed by atoms with Crippen LogP contribution >= 0.6 is 0 Å². The van der Waals surface area contributed by atoms with Crippen LogP contribution in [0, 0.1) is 0 Å². The number of halogens is 1. The summed E-state index contributed by atoms with van der Waals surface area (Å²) >= 11 is 0. The minimum absolute atomic E-state index is 0.250. The van der Waals surface area contributed by atoms with E-state index in [0.29, 0.717) is 6.42 Å². The highest BCUT2D eigenvalue weighted by molar-refractivity contribution is 5.75. The van der Waals surface area contributed by atoms with E-state index in [1.165, 1.54) is 17.4 Å². The van der Waals surface area contributed by atoms with Crippen LogP contribution in [0.25, 0.3) is 0 Å². The maximum absolute atomic E-state index is 12.9. The molecule has 0 unspecified atom stereocenters. The van der Waals surface area contributed by atoms with E-state index < -0.39 is 0 Å². The first-order valence-electron chi connectivity index (χ1n) is 4.85. The fourth-order valence-corrected chi connectivity index (χ4v) is 1.36. The smallest absolute Gasteiger partial charge is 0.137 e. The predicted molar refractivity (Wildman–Crippen MR) is 59.3 cm³/mol. The van der Waals surface area contributed by atoms with E-state index in [4.69, 9.17) is 0 Å². The Morgan fingerprint density at radius 2 is 2.29 bits per heavy atom. The highest BCUT2D eigenvalue weighted by atomic mass is 19.1. The molecule has 1 aliphatic rings. The Balaban J connectivity index is 2.50. The second kappa shape index (κ2) is 5.53. The zero-order chi connectivity index (χ0) is 10.4. The Kier molecular flexibility index (Phi) is 4.30. The average molecular weight is 193 g/mol. The number of hydrogen-bond donors (Lipinski definition) is 0. The number of rotatable bonds is 3. The van der Waals surface area contributed by atoms with Crippen molar-refractivity contribution < 1.29 is 4.39 Å². The van der Waals surface area contributed by atoms with Crippen LogP contribution in [0.3, 0.4) is 0 Å². The molecule has 1 aliphatic carbocycles. The van der Waals surface area contributed by atoms with Gasteiger partial charge in [-0.25, -0.2) is 4.39 Å². The lowest BCUT2D eigenvalue weighted by Gasteiger charge is -2.09. The van der Waals surface area contributed by atoms with E-state index in [-0.39, 0.29) is 5.83 Å². The molecule has 0 atom stereocenters. The van der Waals surface area contributed by atoms with Crippen LogP contribution < -0.4 is 0 Å². The molecule has 0 heterocycles. The fraction of sp³-hybridized carbons (Fsp3) is 0.417. The number of allylic oxidation sites excluding steroid dienone is 6. The first kappa shape index (κ1) is 10.9. The van der Waals surface area contributed by atoms with Gasteiger partial charge in [0.15, 0.2) is 0 Å². The minimum Gasteiger partial charge on any atom is -0.293 e. The van der Waals surface area contributed by atoms with Gasteiger partial charge >= 0.3 is 0 Å². The van der Waals surface area contributed by atoms with Crippen molar-refractivity contribution in [2.24, 2.45) is 4.99 Å². The summed E-state index contributed by atoms with van der Waals surface area (Å²) in [5.41, 5.74) is 2.68. The third kappa shape index (κ3) is 3.69. The van der Waals surface area contributed by atoms with Crippen LogP contribution in [-0.4, -0.2) is 13.3 Å². The molecule has 2 heteroatoms. The van der Waals surface area contributed by atoms with Crippen molar-refractivity contribution in [3.05, 3.63) is 35.2 Å². The summed E-state index contributed by atoms with van der Waals surface area (Å²) in [7, 11) is 1.57. The summed E-state index contributed by atoms with van der Waals surface area (Å²) < 4.78 is 12.9. The maximum Gasteiger partial charge on any atom is 0.137 e. The highest BCUT2D eigenvalue weighted by Crippen LogP contribution is 2.20. The van der Waals surface area contributed by atoms with Crippen LogP contribution in [0.2, 0.25) is 0 Å². The summed E-state index contributed by atoms with van der Waals surface area (Å²) in [6.45, 7) is 2.12. The second-order valence-corrected chi connectivity index (χ2v) is 3.52. The van der Waals surface area contributed by atoms with Crippen molar-refractivity contribution in [2.45, 2.75) is 26.2 Å². The molecule has 0 aliphatic heterocycles. The van der Waals surface area contributed by atoms with Crippen molar-refractivity contribution in [3.63, 3.8) is 0 Å². The largest absolute Gasteiger partial charge is 0.293 e. The molecule has 0 N–H and O–H groups in total. The number of aliphatic imine (C=N–C) groups is 1. The van der Waals surface area contributed by atoms with Gasteiger partial charge in [-0.15, -0.1) is 0 Å². The van der Waals surface area contributed by atoms with E-state index in [2.05, 4.69) is 24.1 Å². The Hall–Kier alpha value is -1.18. The standard InChI is InChI=1S/C12H16FN/c1-10-3-5-11(6-4-10)7-8-12(13)9-14-2/h3,5,8-9H,4,6-7H2,1-2H3/b12-8?,14-9-. The normalized spacial score (nSPS) is 18.4. The van der Waals surface area contributed by atoms with Crippen molar-refractivity contribution in [1.82, 2.24) is 0 Å². The lowest BCUT2D eigenvalue weighted by atomic mass is 9.97. The molecular formula is C12H16FN. The molecule has 76 valence electrons. The molecule has 1 nitrogen and oxygen atoms in total. The monoisotopic (exact) mass is 193 g/mol. The second-order valence-electron chi connectivity index (χ2n) is 3.52. The van der Waals surface area contributed by atoms with Crippen LogP contribution in [0.15, 0.2) is 40.2 Å². The van der Waals surface area contributed by atoms with E-state index in [1.807, 2.05) is 0 Å². The molecule has 0 saturated carbocycles. The molecule has 0 aromatic carbocycles. The zero-order valence-corrected chi connectivity index (χ0v) is 8.76. The zero-order valence-electron chi connectivity index (χ0n) is 8.76. The summed E-state index contributed by atoms with van der Waals surface area (Å²) in [5, 5.41) is 0. The number of nitrogens with zero attached hydrogens (tertiary/aromatic N) is 1. The Morgan fingerprint density at radius 3 is 2.86 bits per heavy atom. The van der Waals surface area contributed by atoms with Gasteiger partial charge in [0.1, 0.15) is 5.83 Å². The summed E-state index contributed by atoms with van der Waals surface area (Å²) in [4.78, 5) is 3.61. The number of hydrogen-bond acceptors (Lipinski definition) is 1. The Morgan fingerprint density at radius 1 is 1.50 bits per heavy atom. The van der Waals surface area contributed by atoms with Gasteiger partial charge in [0.2, 0.25) is 0 Å². The van der Waals surface area contributed by atoms with Crippen molar-refractivity contribution in [2.75, 3.05) is 7.05 Å². The molecule has 0 radical (unpaired) electrons. The minimum atomic E-state index is -0.250. The van der Waals surface area contributed by atoms with Crippen LogP contribution in [0.5, 0.6) is 0 Å². The molecule has 0 bridgehead atoms. The highest BCUT2D eigenvalue weighted by Gasteiger charge is 2.01. The lowest BCUT2D eigenvalue weighted by Crippen LogP contribution is -1.90. The van der Waals surface area contributed by atoms with E-state index in [1.54, 1.807) is 13.1 Å². The van der Waals surface area contributed by atoms with Crippen LogP contribution in [0.4, 0.5) is 4.39 Å². The van der Waals surface area contributed by atoms with E-state index in [9.17, 15) is 4.39 Å². The first-order chi connectivity index (χ1) is 6.72. The lowest BCUT2D eigenvalue weighted by molar-refractivity contribution is 0.679. The topological polar surface area (TPSA) is 12.4 Å². The molecule has 1 rings (SSSR count). The molecule has 0 spiro atoms. The average Bonchev–Trinajstić information content (AvgIpc) is 2.17. The fourth-order valence-electron chi connectivity index (χ4n) is 1.36. The summed E-state index contributed by atoms with van der Waals surface area (Å²) in [5.74, 6) is -0.250. The van der Waals surface area contributed by atoms with Gasteiger partial charge in [-0.1, -0.05) is 23.3 Å². The summed E-state index contributed by atoms with van der Waals surface area (Å²) in [6, 6.07) is 0. The third-order valence-electron chi connectivity index (χ3n) is 2.26. The molecule has 0 fully saturated rings. The molecule has 0 aromatic heterocycles. The Bertz CT molecular complexity index is 308. The molecule has 14 heavy (non-hydrogen) atoms. The maximum atomic E-state index is 12.9. The molecule has 0 amide bonds. The van der Waals surface area contributed by atoms with Gasteiger partial charge in [0, 0.05) is 7.05 Å². The van der Waals surface area contributed by atoms with Crippen molar-refractivity contribution in [3.8, 4) is 0 Å². The SMILES string of the molecule is C/N=C\C(F)=CCC1=CC=C(C)CC1. The van der Waals surface area contributed by atoms with Gasteiger partial charge in [-0.3, -0.25) is 4.99 Å².